The van der Waals surface area contributed by atoms with Crippen molar-refractivity contribution in [1.29, 1.82) is 0 Å². The van der Waals surface area contributed by atoms with Gasteiger partial charge in [-0.25, -0.2) is 8.42 Å². The second kappa shape index (κ2) is 10.6. The Kier molecular flexibility index (Phi) is 7.39. The number of nitrogens with zero attached hydrogens (tertiary/aromatic N) is 2. The van der Waals surface area contributed by atoms with E-state index in [-0.39, 0.29) is 48.3 Å². The largest absolute Gasteiger partial charge is 0.497 e. The molecular formula is C25H25N3O7S. The number of carbonyl (C=O) groups is 3. The number of furan rings is 1. The maximum atomic E-state index is 13.5. The lowest BCUT2D eigenvalue weighted by atomic mass is 10.2. The molecule has 0 saturated carbocycles. The second-order valence-corrected chi connectivity index (χ2v) is 10.1. The topological polar surface area (TPSA) is 126 Å². The van der Waals surface area contributed by atoms with Gasteiger partial charge in [-0.15, -0.1) is 0 Å². The molecule has 1 saturated heterocycles. The summed E-state index contributed by atoms with van der Waals surface area (Å²) >= 11 is 0. The molecule has 1 unspecified atom stereocenters. The van der Waals surface area contributed by atoms with E-state index in [0.717, 1.165) is 0 Å². The van der Waals surface area contributed by atoms with E-state index in [4.69, 9.17) is 9.15 Å². The number of hydrogen-bond acceptors (Lipinski definition) is 7. The Morgan fingerprint density at radius 1 is 0.889 bits per heavy atom. The lowest BCUT2D eigenvalue weighted by Gasteiger charge is -2.36. The molecule has 36 heavy (non-hydrogen) atoms. The van der Waals surface area contributed by atoms with Crippen LogP contribution in [0.25, 0.3) is 0 Å². The molecule has 1 N–H and O–H groups in total. The third kappa shape index (κ3) is 5.25. The van der Waals surface area contributed by atoms with E-state index in [1.807, 2.05) is 0 Å². The normalized spacial score (nSPS) is 14.7. The Morgan fingerprint density at radius 3 is 2.11 bits per heavy atom. The first-order chi connectivity index (χ1) is 17.3. The minimum absolute atomic E-state index is 0.0926. The van der Waals surface area contributed by atoms with Crippen molar-refractivity contribution in [1.82, 2.24) is 15.1 Å². The van der Waals surface area contributed by atoms with Crippen molar-refractivity contribution in [2.45, 2.75) is 10.3 Å². The standard InChI is InChI=1S/C25H25N3O7S/c1-34-19-11-9-18(10-12-19)22(29)26-23(36(32,33)20-6-3-2-4-7-20)25(31)28-15-13-27(14-16-28)24(30)21-8-5-17-35-21/h2-12,17,23H,13-16H2,1H3,(H,26,29). The van der Waals surface area contributed by atoms with E-state index in [0.29, 0.717) is 5.75 Å². The highest BCUT2D eigenvalue weighted by atomic mass is 32.2. The van der Waals surface area contributed by atoms with Gasteiger partial charge in [0.25, 0.3) is 17.7 Å². The Bertz CT molecular complexity index is 1320. The molecule has 11 heteroatoms. The number of amides is 3. The number of sulfone groups is 1. The van der Waals surface area contributed by atoms with Crippen LogP contribution in [0.1, 0.15) is 20.9 Å². The summed E-state index contributed by atoms with van der Waals surface area (Å²) in [6.07, 6.45) is 1.40. The molecule has 3 amide bonds. The summed E-state index contributed by atoms with van der Waals surface area (Å²) < 4.78 is 37.1. The van der Waals surface area contributed by atoms with Crippen LogP contribution in [0.3, 0.4) is 0 Å². The number of carbonyl (C=O) groups excluding carboxylic acids is 3. The van der Waals surface area contributed by atoms with Gasteiger partial charge >= 0.3 is 0 Å². The van der Waals surface area contributed by atoms with Crippen LogP contribution in [-0.2, 0) is 14.6 Å². The molecule has 0 bridgehead atoms. The Morgan fingerprint density at radius 2 is 1.53 bits per heavy atom. The van der Waals surface area contributed by atoms with Crippen molar-refractivity contribution in [2.24, 2.45) is 0 Å². The number of nitrogens with one attached hydrogen (secondary N) is 1. The van der Waals surface area contributed by atoms with Crippen molar-refractivity contribution in [3.63, 3.8) is 0 Å². The predicted octanol–water partition coefficient (Wildman–Crippen LogP) is 1.80. The third-order valence-corrected chi connectivity index (χ3v) is 7.70. The third-order valence-electron chi connectivity index (χ3n) is 5.83. The second-order valence-electron chi connectivity index (χ2n) is 8.03. The average molecular weight is 512 g/mol. The van der Waals surface area contributed by atoms with E-state index in [2.05, 4.69) is 5.32 Å². The molecule has 4 rings (SSSR count). The predicted molar refractivity (Wildman–Crippen MR) is 129 cm³/mol. The first kappa shape index (κ1) is 25.0. The Labute approximate surface area is 208 Å². The number of piperazine rings is 1. The lowest BCUT2D eigenvalue weighted by Crippen LogP contribution is -2.57. The quantitative estimate of drug-likeness (QED) is 0.513. The van der Waals surface area contributed by atoms with Gasteiger partial charge in [0.15, 0.2) is 5.76 Å². The highest BCUT2D eigenvalue weighted by Gasteiger charge is 2.39. The summed E-state index contributed by atoms with van der Waals surface area (Å²) in [4.78, 5) is 41.7. The first-order valence-corrected chi connectivity index (χ1v) is 12.7. The zero-order valence-corrected chi connectivity index (χ0v) is 20.3. The van der Waals surface area contributed by atoms with Gasteiger partial charge in [-0.1, -0.05) is 18.2 Å². The van der Waals surface area contributed by atoms with Crippen LogP contribution >= 0.6 is 0 Å². The van der Waals surface area contributed by atoms with Crippen molar-refractivity contribution in [2.75, 3.05) is 33.3 Å². The maximum Gasteiger partial charge on any atom is 0.289 e. The first-order valence-electron chi connectivity index (χ1n) is 11.2. The van der Waals surface area contributed by atoms with E-state index in [9.17, 15) is 22.8 Å². The molecule has 2 heterocycles. The van der Waals surface area contributed by atoms with Crippen LogP contribution in [0.2, 0.25) is 0 Å². The molecule has 2 aromatic carbocycles. The van der Waals surface area contributed by atoms with Gasteiger partial charge in [0, 0.05) is 31.7 Å². The molecule has 3 aromatic rings. The van der Waals surface area contributed by atoms with Crippen LogP contribution in [0.15, 0.2) is 82.3 Å². The summed E-state index contributed by atoms with van der Waals surface area (Å²) in [5, 5.41) is 0.563. The van der Waals surface area contributed by atoms with Gasteiger partial charge < -0.3 is 24.3 Å². The zero-order chi connectivity index (χ0) is 25.7. The fraction of sp³-hybridized carbons (Fsp3) is 0.240. The SMILES string of the molecule is COc1ccc(C(=O)NC(C(=O)N2CCN(C(=O)c3ccco3)CC2)S(=O)(=O)c2ccccc2)cc1. The Balaban J connectivity index is 1.54. The van der Waals surface area contributed by atoms with E-state index in [1.165, 1.54) is 47.4 Å². The van der Waals surface area contributed by atoms with Crippen molar-refractivity contribution in [3.8, 4) is 5.75 Å². The highest BCUT2D eigenvalue weighted by Crippen LogP contribution is 2.19. The fourth-order valence-corrected chi connectivity index (χ4v) is 5.30. The number of rotatable bonds is 7. The molecule has 0 radical (unpaired) electrons. The smallest absolute Gasteiger partial charge is 0.289 e. The van der Waals surface area contributed by atoms with Crippen molar-refractivity contribution >= 4 is 27.6 Å². The van der Waals surface area contributed by atoms with E-state index in [1.54, 1.807) is 42.5 Å². The number of ether oxygens (including phenoxy) is 1. The molecule has 188 valence electrons. The van der Waals surface area contributed by atoms with Gasteiger partial charge in [-0.3, -0.25) is 14.4 Å². The van der Waals surface area contributed by atoms with Crippen LogP contribution in [0.5, 0.6) is 5.75 Å². The van der Waals surface area contributed by atoms with Gasteiger partial charge in [-0.05, 0) is 48.5 Å². The number of hydrogen-bond donors (Lipinski definition) is 1. The van der Waals surface area contributed by atoms with Crippen molar-refractivity contribution in [3.05, 3.63) is 84.3 Å². The van der Waals surface area contributed by atoms with Gasteiger partial charge in [0.1, 0.15) is 5.75 Å². The van der Waals surface area contributed by atoms with Crippen LogP contribution < -0.4 is 10.1 Å². The summed E-state index contributed by atoms with van der Waals surface area (Å²) in [5.74, 6) is -1.09. The van der Waals surface area contributed by atoms with Gasteiger partial charge in [-0.2, -0.15) is 0 Å². The molecule has 1 fully saturated rings. The molecule has 0 spiro atoms. The summed E-state index contributed by atoms with van der Waals surface area (Å²) in [6, 6.07) is 16.7. The van der Waals surface area contributed by atoms with Crippen LogP contribution in [0, 0.1) is 0 Å². The minimum Gasteiger partial charge on any atom is -0.497 e. The van der Waals surface area contributed by atoms with E-state index >= 15 is 0 Å². The molecule has 1 aromatic heterocycles. The molecule has 1 aliphatic heterocycles. The fourth-order valence-electron chi connectivity index (χ4n) is 3.81. The van der Waals surface area contributed by atoms with Crippen LogP contribution in [-0.4, -0.2) is 74.6 Å². The summed E-state index contributed by atoms with van der Waals surface area (Å²) in [5.41, 5.74) is 0.172. The lowest BCUT2D eigenvalue weighted by molar-refractivity contribution is -0.132. The summed E-state index contributed by atoms with van der Waals surface area (Å²) in [7, 11) is -2.79. The van der Waals surface area contributed by atoms with Gasteiger partial charge in [0.2, 0.25) is 15.2 Å². The molecular weight excluding hydrogens is 486 g/mol. The molecule has 1 aliphatic rings. The molecule has 10 nitrogen and oxygen atoms in total. The Hall–Kier alpha value is -4.12. The van der Waals surface area contributed by atoms with E-state index < -0.39 is 27.0 Å². The highest BCUT2D eigenvalue weighted by molar-refractivity contribution is 7.92. The van der Waals surface area contributed by atoms with Crippen LogP contribution in [0.4, 0.5) is 0 Å². The molecule has 0 aliphatic carbocycles. The average Bonchev–Trinajstić information content (AvgIpc) is 3.46. The molecule has 1 atom stereocenters. The number of methoxy groups -OCH3 is 1. The van der Waals surface area contributed by atoms with Crippen molar-refractivity contribution < 1.29 is 32.0 Å². The maximum absolute atomic E-state index is 13.5. The van der Waals surface area contributed by atoms with Gasteiger partial charge in [0.05, 0.1) is 18.3 Å². The minimum atomic E-state index is -4.27. The zero-order valence-electron chi connectivity index (χ0n) is 19.5. The monoisotopic (exact) mass is 511 g/mol. The summed E-state index contributed by atoms with van der Waals surface area (Å²) in [6.45, 7) is 0.584. The number of benzene rings is 2.